The van der Waals surface area contributed by atoms with Gasteiger partial charge in [-0.1, -0.05) is 30.3 Å². The van der Waals surface area contributed by atoms with Gasteiger partial charge in [0.15, 0.2) is 5.65 Å². The van der Waals surface area contributed by atoms with E-state index in [-0.39, 0.29) is 0 Å². The number of pyridine rings is 1. The van der Waals surface area contributed by atoms with Gasteiger partial charge >= 0.3 is 0 Å². The lowest BCUT2D eigenvalue weighted by Gasteiger charge is -2.07. The van der Waals surface area contributed by atoms with Crippen molar-refractivity contribution >= 4 is 5.65 Å². The summed E-state index contributed by atoms with van der Waals surface area (Å²) in [5.74, 6) is 1.65. The zero-order valence-corrected chi connectivity index (χ0v) is 11.8. The molecule has 0 aliphatic carbocycles. The molecule has 0 amide bonds. The average Bonchev–Trinajstić information content (AvgIpc) is 3.04. The van der Waals surface area contributed by atoms with Crippen LogP contribution in [0.25, 0.3) is 16.8 Å². The number of rotatable bonds is 3. The van der Waals surface area contributed by atoms with Crippen LogP contribution < -0.4 is 4.74 Å². The molecule has 0 fully saturated rings. The minimum absolute atomic E-state index is 0.820. The number of hydrogen-bond donors (Lipinski definition) is 0. The Bertz CT molecular complexity index is 898. The molecule has 0 saturated heterocycles. The molecule has 0 spiro atoms. The van der Waals surface area contributed by atoms with Crippen LogP contribution in [-0.4, -0.2) is 14.6 Å². The van der Waals surface area contributed by atoms with E-state index < -0.39 is 0 Å². The van der Waals surface area contributed by atoms with E-state index in [2.05, 4.69) is 10.2 Å². The second-order valence-electron chi connectivity index (χ2n) is 4.95. The lowest BCUT2D eigenvalue weighted by Crippen LogP contribution is -1.87. The van der Waals surface area contributed by atoms with Crippen LogP contribution in [0.4, 0.5) is 0 Å². The van der Waals surface area contributed by atoms with Crippen LogP contribution >= 0.6 is 0 Å². The highest BCUT2D eigenvalue weighted by Crippen LogP contribution is 2.25. The van der Waals surface area contributed by atoms with Crippen molar-refractivity contribution < 1.29 is 4.74 Å². The SMILES string of the molecule is c1ccc(Oc2ccc(-c3ccc4nncn4c3)cc2)cc1. The lowest BCUT2D eigenvalue weighted by atomic mass is 10.1. The molecule has 0 saturated carbocycles. The highest BCUT2D eigenvalue weighted by molar-refractivity contribution is 5.65. The molecule has 0 unspecified atom stereocenters. The monoisotopic (exact) mass is 287 g/mol. The number of hydrogen-bond acceptors (Lipinski definition) is 3. The largest absolute Gasteiger partial charge is 0.457 e. The van der Waals surface area contributed by atoms with E-state index in [0.29, 0.717) is 0 Å². The Morgan fingerprint density at radius 2 is 1.45 bits per heavy atom. The molecule has 4 aromatic rings. The molecule has 0 radical (unpaired) electrons. The number of para-hydroxylation sites is 1. The Hall–Kier alpha value is -3.14. The zero-order chi connectivity index (χ0) is 14.8. The second kappa shape index (κ2) is 5.33. The van der Waals surface area contributed by atoms with Gasteiger partial charge in [-0.3, -0.25) is 4.40 Å². The molecule has 106 valence electrons. The molecule has 4 nitrogen and oxygen atoms in total. The highest BCUT2D eigenvalue weighted by Gasteiger charge is 2.02. The van der Waals surface area contributed by atoms with Crippen molar-refractivity contribution in [2.24, 2.45) is 0 Å². The summed E-state index contributed by atoms with van der Waals surface area (Å²) in [6.07, 6.45) is 3.72. The van der Waals surface area contributed by atoms with E-state index in [1.165, 1.54) is 0 Å². The normalized spacial score (nSPS) is 10.7. The molecule has 2 heterocycles. The maximum absolute atomic E-state index is 5.80. The molecular weight excluding hydrogens is 274 g/mol. The van der Waals surface area contributed by atoms with E-state index in [0.717, 1.165) is 28.3 Å². The third-order valence-corrected chi connectivity index (χ3v) is 3.46. The van der Waals surface area contributed by atoms with Gasteiger partial charge in [-0.15, -0.1) is 10.2 Å². The summed E-state index contributed by atoms with van der Waals surface area (Å²) in [5.41, 5.74) is 3.07. The first-order valence-corrected chi connectivity index (χ1v) is 7.01. The number of aromatic nitrogens is 3. The van der Waals surface area contributed by atoms with Gasteiger partial charge in [0.2, 0.25) is 0 Å². The van der Waals surface area contributed by atoms with Crippen LogP contribution in [-0.2, 0) is 0 Å². The Morgan fingerprint density at radius 3 is 2.27 bits per heavy atom. The minimum atomic E-state index is 0.820. The van der Waals surface area contributed by atoms with Gasteiger partial charge in [0, 0.05) is 6.20 Å². The minimum Gasteiger partial charge on any atom is -0.457 e. The van der Waals surface area contributed by atoms with Gasteiger partial charge in [-0.25, -0.2) is 0 Å². The predicted molar refractivity (Wildman–Crippen MR) is 84.9 cm³/mol. The molecule has 0 N–H and O–H groups in total. The van der Waals surface area contributed by atoms with Crippen LogP contribution in [0.5, 0.6) is 11.5 Å². The fraction of sp³-hybridized carbons (Fsp3) is 0. The highest BCUT2D eigenvalue weighted by atomic mass is 16.5. The van der Waals surface area contributed by atoms with Crippen LogP contribution in [0.15, 0.2) is 79.3 Å². The Balaban J connectivity index is 1.61. The first kappa shape index (κ1) is 12.6. The zero-order valence-electron chi connectivity index (χ0n) is 11.8. The Kier molecular flexibility index (Phi) is 3.05. The van der Waals surface area contributed by atoms with E-state index in [1.54, 1.807) is 6.33 Å². The number of ether oxygens (including phenoxy) is 1. The molecule has 0 atom stereocenters. The molecule has 2 aromatic heterocycles. The van der Waals surface area contributed by atoms with Crippen LogP contribution in [0.3, 0.4) is 0 Å². The topological polar surface area (TPSA) is 39.4 Å². The van der Waals surface area contributed by atoms with Gasteiger partial charge in [0.25, 0.3) is 0 Å². The molecule has 0 aliphatic rings. The van der Waals surface area contributed by atoms with Crippen molar-refractivity contribution in [3.05, 3.63) is 79.3 Å². The second-order valence-corrected chi connectivity index (χ2v) is 4.95. The van der Waals surface area contributed by atoms with Crippen molar-refractivity contribution in [2.75, 3.05) is 0 Å². The fourth-order valence-electron chi connectivity index (χ4n) is 2.34. The molecule has 4 rings (SSSR count). The summed E-state index contributed by atoms with van der Waals surface area (Å²) in [7, 11) is 0. The number of nitrogens with zero attached hydrogens (tertiary/aromatic N) is 3. The first-order chi connectivity index (χ1) is 10.9. The third-order valence-electron chi connectivity index (χ3n) is 3.46. The molecule has 22 heavy (non-hydrogen) atoms. The van der Waals surface area contributed by atoms with E-state index in [1.807, 2.05) is 77.3 Å². The van der Waals surface area contributed by atoms with Crippen molar-refractivity contribution in [1.82, 2.24) is 14.6 Å². The standard InChI is InChI=1S/C18H13N3O/c1-2-4-16(5-3-1)22-17-9-6-14(7-10-17)15-8-11-18-20-19-13-21(18)12-15/h1-13H. The van der Waals surface area contributed by atoms with Gasteiger partial charge in [0.1, 0.15) is 17.8 Å². The van der Waals surface area contributed by atoms with E-state index in [4.69, 9.17) is 4.74 Å². The fourth-order valence-corrected chi connectivity index (χ4v) is 2.34. The summed E-state index contributed by atoms with van der Waals surface area (Å²) in [6.45, 7) is 0. The van der Waals surface area contributed by atoms with Crippen molar-refractivity contribution in [3.63, 3.8) is 0 Å². The molecule has 4 heteroatoms. The maximum atomic E-state index is 5.80. The van der Waals surface area contributed by atoms with Gasteiger partial charge < -0.3 is 4.74 Å². The summed E-state index contributed by atoms with van der Waals surface area (Å²) >= 11 is 0. The first-order valence-electron chi connectivity index (χ1n) is 7.01. The Labute approximate surface area is 127 Å². The van der Waals surface area contributed by atoms with E-state index in [9.17, 15) is 0 Å². The quantitative estimate of drug-likeness (QED) is 0.567. The van der Waals surface area contributed by atoms with Crippen LogP contribution in [0.2, 0.25) is 0 Å². The molecule has 0 bridgehead atoms. The summed E-state index contributed by atoms with van der Waals surface area (Å²) in [6, 6.07) is 21.8. The maximum Gasteiger partial charge on any atom is 0.160 e. The van der Waals surface area contributed by atoms with Crippen LogP contribution in [0.1, 0.15) is 0 Å². The predicted octanol–water partition coefficient (Wildman–Crippen LogP) is 4.19. The van der Waals surface area contributed by atoms with Crippen molar-refractivity contribution in [3.8, 4) is 22.6 Å². The Morgan fingerprint density at radius 1 is 0.727 bits per heavy atom. The van der Waals surface area contributed by atoms with Crippen LogP contribution in [0, 0.1) is 0 Å². The molecular formula is C18H13N3O. The average molecular weight is 287 g/mol. The molecule has 0 aliphatic heterocycles. The summed E-state index contributed by atoms with van der Waals surface area (Å²) in [5, 5.41) is 7.90. The van der Waals surface area contributed by atoms with Gasteiger partial charge in [-0.2, -0.15) is 0 Å². The lowest BCUT2D eigenvalue weighted by molar-refractivity contribution is 0.483. The van der Waals surface area contributed by atoms with Crippen molar-refractivity contribution in [1.29, 1.82) is 0 Å². The van der Waals surface area contributed by atoms with Crippen molar-refractivity contribution in [2.45, 2.75) is 0 Å². The number of benzene rings is 2. The smallest absolute Gasteiger partial charge is 0.160 e. The van der Waals surface area contributed by atoms with Gasteiger partial charge in [0.05, 0.1) is 0 Å². The third kappa shape index (κ3) is 2.42. The van der Waals surface area contributed by atoms with E-state index >= 15 is 0 Å². The summed E-state index contributed by atoms with van der Waals surface area (Å²) < 4.78 is 7.71. The van der Waals surface area contributed by atoms with Gasteiger partial charge in [-0.05, 0) is 47.5 Å². The molecule has 2 aromatic carbocycles. The number of fused-ring (bicyclic) bond motifs is 1. The summed E-state index contributed by atoms with van der Waals surface area (Å²) in [4.78, 5) is 0.